The summed E-state index contributed by atoms with van der Waals surface area (Å²) in [5.41, 5.74) is 0.947. The summed E-state index contributed by atoms with van der Waals surface area (Å²) < 4.78 is 6.49. The first-order chi connectivity index (χ1) is 7.09. The van der Waals surface area contributed by atoms with Gasteiger partial charge in [0.25, 0.3) is 0 Å². The zero-order valence-corrected chi connectivity index (χ0v) is 9.82. The van der Waals surface area contributed by atoms with E-state index in [0.717, 1.165) is 15.8 Å². The molecule has 1 N–H and O–H groups in total. The number of carbonyl (C=O) groups is 1. The van der Waals surface area contributed by atoms with Gasteiger partial charge in [-0.1, -0.05) is 22.0 Å². The Bertz CT molecular complexity index is 403. The van der Waals surface area contributed by atoms with Crippen molar-refractivity contribution >= 4 is 21.9 Å². The van der Waals surface area contributed by atoms with Crippen molar-refractivity contribution in [3.05, 3.63) is 28.2 Å². The van der Waals surface area contributed by atoms with Crippen LogP contribution in [0, 0.1) is 5.92 Å². The van der Waals surface area contributed by atoms with Gasteiger partial charge in [0.15, 0.2) is 0 Å². The number of benzene rings is 1. The smallest absolute Gasteiger partial charge is 0.310 e. The van der Waals surface area contributed by atoms with Crippen LogP contribution in [0.1, 0.15) is 12.5 Å². The molecule has 4 heteroatoms. The molecule has 0 spiro atoms. The highest BCUT2D eigenvalue weighted by Crippen LogP contribution is 2.35. The van der Waals surface area contributed by atoms with E-state index in [1.54, 1.807) is 6.92 Å². The van der Waals surface area contributed by atoms with Gasteiger partial charge >= 0.3 is 5.97 Å². The van der Waals surface area contributed by atoms with Gasteiger partial charge in [-0.15, -0.1) is 0 Å². The molecular formula is C11H11BrO3. The topological polar surface area (TPSA) is 46.5 Å². The maximum atomic E-state index is 11.0. The molecule has 0 bridgehead atoms. The molecule has 1 aliphatic rings. The van der Waals surface area contributed by atoms with Crippen LogP contribution in [0.3, 0.4) is 0 Å². The molecular weight excluding hydrogens is 260 g/mol. The van der Waals surface area contributed by atoms with Crippen LogP contribution in [0.25, 0.3) is 0 Å². The molecule has 0 fully saturated rings. The van der Waals surface area contributed by atoms with E-state index >= 15 is 0 Å². The first-order valence-corrected chi connectivity index (χ1v) is 5.55. The van der Waals surface area contributed by atoms with Crippen molar-refractivity contribution in [3.8, 4) is 5.75 Å². The van der Waals surface area contributed by atoms with Crippen molar-refractivity contribution in [3.63, 3.8) is 0 Å². The van der Waals surface area contributed by atoms with E-state index < -0.39 is 11.9 Å². The molecule has 15 heavy (non-hydrogen) atoms. The summed E-state index contributed by atoms with van der Waals surface area (Å²) in [6.07, 6.45) is 0.247. The fourth-order valence-corrected chi connectivity index (χ4v) is 2.31. The predicted octanol–water partition coefficient (Wildman–Crippen LogP) is 2.47. The molecule has 2 rings (SSSR count). The van der Waals surface area contributed by atoms with Crippen LogP contribution >= 0.6 is 15.9 Å². The lowest BCUT2D eigenvalue weighted by molar-refractivity contribution is -0.145. The Morgan fingerprint density at radius 1 is 1.60 bits per heavy atom. The highest BCUT2D eigenvalue weighted by atomic mass is 79.9. The standard InChI is InChI=1S/C11H11BrO3/c1-6-7(11(13)14)5-8-9(12)3-2-4-10(8)15-6/h2-4,6-7H,5H2,1H3,(H,13,14). The zero-order valence-electron chi connectivity index (χ0n) is 8.24. The summed E-state index contributed by atoms with van der Waals surface area (Å²) in [5, 5.41) is 9.03. The van der Waals surface area contributed by atoms with Crippen molar-refractivity contribution in [1.82, 2.24) is 0 Å². The summed E-state index contributed by atoms with van der Waals surface area (Å²) in [7, 11) is 0. The highest BCUT2D eigenvalue weighted by molar-refractivity contribution is 9.10. The summed E-state index contributed by atoms with van der Waals surface area (Å²) >= 11 is 3.41. The Labute approximate surface area is 96.2 Å². The lowest BCUT2D eigenvalue weighted by Crippen LogP contribution is -2.35. The number of rotatable bonds is 1. The average Bonchev–Trinajstić information content (AvgIpc) is 2.16. The first kappa shape index (κ1) is 10.5. The van der Waals surface area contributed by atoms with Gasteiger partial charge in [0.05, 0.1) is 5.92 Å². The Hall–Kier alpha value is -1.03. The SMILES string of the molecule is CC1Oc2cccc(Br)c2CC1C(=O)O. The van der Waals surface area contributed by atoms with E-state index in [9.17, 15) is 4.79 Å². The van der Waals surface area contributed by atoms with E-state index in [2.05, 4.69) is 15.9 Å². The molecule has 1 heterocycles. The van der Waals surface area contributed by atoms with Gasteiger partial charge in [-0.05, 0) is 25.5 Å². The fraction of sp³-hybridized carbons (Fsp3) is 0.364. The second-order valence-corrected chi connectivity index (χ2v) is 4.54. The van der Waals surface area contributed by atoms with Crippen molar-refractivity contribution in [1.29, 1.82) is 0 Å². The van der Waals surface area contributed by atoms with Crippen LogP contribution in [0.2, 0.25) is 0 Å². The van der Waals surface area contributed by atoms with Crippen LogP contribution in [-0.2, 0) is 11.2 Å². The van der Waals surface area contributed by atoms with Gasteiger partial charge < -0.3 is 9.84 Å². The van der Waals surface area contributed by atoms with Gasteiger partial charge in [0, 0.05) is 10.0 Å². The second kappa shape index (κ2) is 3.85. The van der Waals surface area contributed by atoms with Crippen molar-refractivity contribution in [2.45, 2.75) is 19.4 Å². The number of carboxylic acid groups (broad SMARTS) is 1. The third kappa shape index (κ3) is 1.86. The van der Waals surface area contributed by atoms with Gasteiger partial charge in [-0.2, -0.15) is 0 Å². The number of halogens is 1. The minimum atomic E-state index is -0.802. The average molecular weight is 271 g/mol. The first-order valence-electron chi connectivity index (χ1n) is 4.76. The summed E-state index contributed by atoms with van der Waals surface area (Å²) in [5.74, 6) is -0.477. The van der Waals surface area contributed by atoms with Gasteiger partial charge in [0.1, 0.15) is 11.9 Å². The van der Waals surface area contributed by atoms with Crippen LogP contribution in [0.5, 0.6) is 5.75 Å². The summed E-state index contributed by atoms with van der Waals surface area (Å²) in [6, 6.07) is 5.66. The molecule has 0 saturated heterocycles. The molecule has 0 amide bonds. The Morgan fingerprint density at radius 2 is 2.33 bits per heavy atom. The quantitative estimate of drug-likeness (QED) is 0.853. The van der Waals surface area contributed by atoms with Crippen molar-refractivity contribution in [2.75, 3.05) is 0 Å². The molecule has 80 valence electrons. The van der Waals surface area contributed by atoms with E-state index in [1.165, 1.54) is 0 Å². The van der Waals surface area contributed by atoms with Gasteiger partial charge in [-0.25, -0.2) is 0 Å². The third-order valence-corrected chi connectivity index (χ3v) is 3.44. The number of aliphatic carboxylic acids is 1. The minimum absolute atomic E-state index is 0.274. The van der Waals surface area contributed by atoms with Crippen LogP contribution in [0.15, 0.2) is 22.7 Å². The third-order valence-electron chi connectivity index (χ3n) is 2.70. The van der Waals surface area contributed by atoms with Gasteiger partial charge in [-0.3, -0.25) is 4.79 Å². The molecule has 0 radical (unpaired) electrons. The molecule has 1 aromatic rings. The Balaban J connectivity index is 2.39. The molecule has 2 atom stereocenters. The molecule has 1 aliphatic heterocycles. The number of hydrogen-bond donors (Lipinski definition) is 1. The van der Waals surface area contributed by atoms with E-state index in [1.807, 2.05) is 18.2 Å². The fourth-order valence-electron chi connectivity index (χ4n) is 1.80. The number of hydrogen-bond acceptors (Lipinski definition) is 2. The largest absolute Gasteiger partial charge is 0.489 e. The van der Waals surface area contributed by atoms with Crippen LogP contribution in [0.4, 0.5) is 0 Å². The molecule has 0 saturated carbocycles. The van der Waals surface area contributed by atoms with E-state index in [4.69, 9.17) is 9.84 Å². The van der Waals surface area contributed by atoms with E-state index in [0.29, 0.717) is 6.42 Å². The molecule has 1 aromatic carbocycles. The van der Waals surface area contributed by atoms with Crippen LogP contribution in [-0.4, -0.2) is 17.2 Å². The second-order valence-electron chi connectivity index (χ2n) is 3.69. The normalized spacial score (nSPS) is 24.1. The van der Waals surface area contributed by atoms with Gasteiger partial charge in [0.2, 0.25) is 0 Å². The number of ether oxygens (including phenoxy) is 1. The summed E-state index contributed by atoms with van der Waals surface area (Å²) in [6.45, 7) is 1.79. The lowest BCUT2D eigenvalue weighted by atomic mass is 9.91. The van der Waals surface area contributed by atoms with Crippen LogP contribution < -0.4 is 4.74 Å². The number of fused-ring (bicyclic) bond motifs is 1. The summed E-state index contributed by atoms with van der Waals surface area (Å²) in [4.78, 5) is 11.0. The maximum absolute atomic E-state index is 11.0. The Kier molecular flexibility index (Phi) is 2.69. The minimum Gasteiger partial charge on any atom is -0.489 e. The highest BCUT2D eigenvalue weighted by Gasteiger charge is 2.32. The van der Waals surface area contributed by atoms with Crippen molar-refractivity contribution in [2.24, 2.45) is 5.92 Å². The van der Waals surface area contributed by atoms with E-state index in [-0.39, 0.29) is 6.10 Å². The van der Waals surface area contributed by atoms with Crippen molar-refractivity contribution < 1.29 is 14.6 Å². The monoisotopic (exact) mass is 270 g/mol. The number of carboxylic acids is 1. The molecule has 2 unspecified atom stereocenters. The molecule has 3 nitrogen and oxygen atoms in total. The zero-order chi connectivity index (χ0) is 11.0. The predicted molar refractivity (Wildman–Crippen MR) is 59.1 cm³/mol. The molecule has 0 aromatic heterocycles. The molecule has 0 aliphatic carbocycles. The lowest BCUT2D eigenvalue weighted by Gasteiger charge is -2.29. The maximum Gasteiger partial charge on any atom is 0.310 e. The Morgan fingerprint density at radius 3 is 3.00 bits per heavy atom.